The van der Waals surface area contributed by atoms with Crippen LogP contribution < -0.4 is 10.1 Å². The fourth-order valence-electron chi connectivity index (χ4n) is 1.98. The normalized spacial score (nSPS) is 22.9. The minimum absolute atomic E-state index is 0.255. The first kappa shape index (κ1) is 11.5. The maximum absolute atomic E-state index is 11.3. The number of hydrogen-bond acceptors (Lipinski definition) is 4. The minimum atomic E-state index is -0.430. The Balaban J connectivity index is 1.54. The van der Waals surface area contributed by atoms with Gasteiger partial charge >= 0.3 is 5.97 Å². The topological polar surface area (TPSA) is 47.6 Å². The summed E-state index contributed by atoms with van der Waals surface area (Å²) in [6, 6.07) is 8.61. The van der Waals surface area contributed by atoms with Crippen molar-refractivity contribution in [1.29, 1.82) is 0 Å². The van der Waals surface area contributed by atoms with Crippen LogP contribution in [-0.2, 0) is 16.1 Å². The SMILES string of the molecule is O=C1OCCC1Oc1ccc(CNC2CC2)cc1. The molecule has 1 N–H and O–H groups in total. The molecular weight excluding hydrogens is 230 g/mol. The largest absolute Gasteiger partial charge is 0.479 e. The molecule has 1 heterocycles. The highest BCUT2D eigenvalue weighted by atomic mass is 16.6. The monoisotopic (exact) mass is 247 g/mol. The lowest BCUT2D eigenvalue weighted by Gasteiger charge is -2.10. The van der Waals surface area contributed by atoms with Gasteiger partial charge in [0, 0.05) is 19.0 Å². The van der Waals surface area contributed by atoms with E-state index in [9.17, 15) is 4.79 Å². The van der Waals surface area contributed by atoms with E-state index in [2.05, 4.69) is 5.32 Å². The third kappa shape index (κ3) is 2.82. The standard InChI is InChI=1S/C14H17NO3/c16-14-13(7-8-17-14)18-12-5-1-10(2-6-12)9-15-11-3-4-11/h1-2,5-6,11,13,15H,3-4,7-9H2. The van der Waals surface area contributed by atoms with Crippen LogP contribution in [0, 0.1) is 0 Å². The minimum Gasteiger partial charge on any atom is -0.479 e. The van der Waals surface area contributed by atoms with Gasteiger partial charge in [0.1, 0.15) is 5.75 Å². The summed E-state index contributed by atoms with van der Waals surface area (Å²) in [5, 5.41) is 3.46. The molecule has 1 aromatic carbocycles. The molecule has 2 fully saturated rings. The second-order valence-electron chi connectivity index (χ2n) is 4.86. The first-order chi connectivity index (χ1) is 8.81. The number of carbonyl (C=O) groups is 1. The van der Waals surface area contributed by atoms with Crippen LogP contribution in [-0.4, -0.2) is 24.7 Å². The van der Waals surface area contributed by atoms with Gasteiger partial charge in [-0.2, -0.15) is 0 Å². The number of esters is 1. The lowest BCUT2D eigenvalue weighted by molar-refractivity contribution is -0.143. The van der Waals surface area contributed by atoms with E-state index in [0.29, 0.717) is 19.1 Å². The van der Waals surface area contributed by atoms with Crippen molar-refractivity contribution in [3.63, 3.8) is 0 Å². The van der Waals surface area contributed by atoms with Gasteiger partial charge in [0.05, 0.1) is 6.61 Å². The van der Waals surface area contributed by atoms with E-state index < -0.39 is 6.10 Å². The smallest absolute Gasteiger partial charge is 0.347 e. The van der Waals surface area contributed by atoms with Crippen molar-refractivity contribution < 1.29 is 14.3 Å². The van der Waals surface area contributed by atoms with Gasteiger partial charge in [-0.25, -0.2) is 4.79 Å². The Morgan fingerprint density at radius 3 is 2.61 bits per heavy atom. The summed E-state index contributed by atoms with van der Waals surface area (Å²) in [6.45, 7) is 1.36. The van der Waals surface area contributed by atoms with Crippen molar-refractivity contribution in [2.75, 3.05) is 6.61 Å². The molecule has 18 heavy (non-hydrogen) atoms. The Morgan fingerprint density at radius 2 is 2.00 bits per heavy atom. The Labute approximate surface area is 106 Å². The predicted octanol–water partition coefficient (Wildman–Crippen LogP) is 1.63. The van der Waals surface area contributed by atoms with Crippen LogP contribution in [0.15, 0.2) is 24.3 Å². The van der Waals surface area contributed by atoms with Crippen LogP contribution in [0.5, 0.6) is 5.75 Å². The number of hydrogen-bond donors (Lipinski definition) is 1. The van der Waals surface area contributed by atoms with E-state index >= 15 is 0 Å². The number of ether oxygens (including phenoxy) is 2. The van der Waals surface area contributed by atoms with Crippen LogP contribution in [0.4, 0.5) is 0 Å². The van der Waals surface area contributed by atoms with Gasteiger partial charge in [-0.3, -0.25) is 0 Å². The average Bonchev–Trinajstić information content (AvgIpc) is 3.13. The molecular formula is C14H17NO3. The number of benzene rings is 1. The van der Waals surface area contributed by atoms with E-state index in [1.54, 1.807) is 0 Å². The number of cyclic esters (lactones) is 1. The van der Waals surface area contributed by atoms with Gasteiger partial charge in [-0.05, 0) is 30.5 Å². The van der Waals surface area contributed by atoms with Crippen LogP contribution in [0.3, 0.4) is 0 Å². The first-order valence-electron chi connectivity index (χ1n) is 6.47. The second kappa shape index (κ2) is 4.98. The van der Waals surface area contributed by atoms with Crippen molar-refractivity contribution in [2.24, 2.45) is 0 Å². The maximum atomic E-state index is 11.3. The molecule has 1 aliphatic carbocycles. The molecule has 0 bridgehead atoms. The molecule has 4 nitrogen and oxygen atoms in total. The van der Waals surface area contributed by atoms with E-state index in [-0.39, 0.29) is 5.97 Å². The molecule has 1 aromatic rings. The lowest BCUT2D eigenvalue weighted by Crippen LogP contribution is -2.21. The summed E-state index contributed by atoms with van der Waals surface area (Å²) < 4.78 is 10.4. The zero-order chi connectivity index (χ0) is 12.4. The average molecular weight is 247 g/mol. The Morgan fingerprint density at radius 1 is 1.22 bits per heavy atom. The summed E-state index contributed by atoms with van der Waals surface area (Å²) in [7, 11) is 0. The van der Waals surface area contributed by atoms with E-state index in [0.717, 1.165) is 12.3 Å². The molecule has 3 rings (SSSR count). The molecule has 96 valence electrons. The van der Waals surface area contributed by atoms with Crippen molar-refractivity contribution in [1.82, 2.24) is 5.32 Å². The molecule has 1 atom stereocenters. The predicted molar refractivity (Wildman–Crippen MR) is 66.3 cm³/mol. The molecule has 4 heteroatoms. The van der Waals surface area contributed by atoms with Gasteiger partial charge in [0.25, 0.3) is 0 Å². The molecule has 1 saturated heterocycles. The van der Waals surface area contributed by atoms with E-state index in [4.69, 9.17) is 9.47 Å². The number of nitrogens with one attached hydrogen (secondary N) is 1. The van der Waals surface area contributed by atoms with Crippen LogP contribution in [0.25, 0.3) is 0 Å². The lowest BCUT2D eigenvalue weighted by atomic mass is 10.2. The molecule has 1 aliphatic heterocycles. The Hall–Kier alpha value is -1.55. The fraction of sp³-hybridized carbons (Fsp3) is 0.500. The highest BCUT2D eigenvalue weighted by molar-refractivity contribution is 5.76. The summed E-state index contributed by atoms with van der Waals surface area (Å²) >= 11 is 0. The van der Waals surface area contributed by atoms with Gasteiger partial charge < -0.3 is 14.8 Å². The zero-order valence-electron chi connectivity index (χ0n) is 10.2. The fourth-order valence-corrected chi connectivity index (χ4v) is 1.98. The molecule has 0 spiro atoms. The summed E-state index contributed by atoms with van der Waals surface area (Å²) in [5.74, 6) is 0.475. The summed E-state index contributed by atoms with van der Waals surface area (Å²) in [5.41, 5.74) is 1.24. The summed E-state index contributed by atoms with van der Waals surface area (Å²) in [4.78, 5) is 11.3. The zero-order valence-corrected chi connectivity index (χ0v) is 10.2. The summed E-state index contributed by atoms with van der Waals surface area (Å²) in [6.07, 6.45) is 2.81. The Kier molecular flexibility index (Phi) is 3.19. The van der Waals surface area contributed by atoms with Gasteiger partial charge in [0.2, 0.25) is 0 Å². The van der Waals surface area contributed by atoms with Gasteiger partial charge in [0.15, 0.2) is 6.10 Å². The molecule has 2 aliphatic rings. The highest BCUT2D eigenvalue weighted by Gasteiger charge is 2.28. The maximum Gasteiger partial charge on any atom is 0.347 e. The van der Waals surface area contributed by atoms with Crippen molar-refractivity contribution >= 4 is 5.97 Å². The molecule has 0 amide bonds. The van der Waals surface area contributed by atoms with Crippen LogP contribution in [0.1, 0.15) is 24.8 Å². The second-order valence-corrected chi connectivity index (χ2v) is 4.86. The third-order valence-electron chi connectivity index (χ3n) is 3.26. The molecule has 0 aromatic heterocycles. The number of carbonyl (C=O) groups excluding carboxylic acids is 1. The number of rotatable bonds is 5. The van der Waals surface area contributed by atoms with Crippen molar-refractivity contribution in [3.8, 4) is 5.75 Å². The van der Waals surface area contributed by atoms with Gasteiger partial charge in [-0.15, -0.1) is 0 Å². The first-order valence-corrected chi connectivity index (χ1v) is 6.47. The molecule has 1 saturated carbocycles. The highest BCUT2D eigenvalue weighted by Crippen LogP contribution is 2.21. The quantitative estimate of drug-likeness (QED) is 0.803. The van der Waals surface area contributed by atoms with E-state index in [1.807, 2.05) is 24.3 Å². The van der Waals surface area contributed by atoms with E-state index in [1.165, 1.54) is 18.4 Å². The van der Waals surface area contributed by atoms with Crippen molar-refractivity contribution in [2.45, 2.75) is 38.0 Å². The Bertz CT molecular complexity index is 425. The van der Waals surface area contributed by atoms with Crippen LogP contribution >= 0.6 is 0 Å². The van der Waals surface area contributed by atoms with Crippen molar-refractivity contribution in [3.05, 3.63) is 29.8 Å². The third-order valence-corrected chi connectivity index (χ3v) is 3.26. The molecule has 0 radical (unpaired) electrons. The van der Waals surface area contributed by atoms with Crippen LogP contribution in [0.2, 0.25) is 0 Å². The molecule has 1 unspecified atom stereocenters. The van der Waals surface area contributed by atoms with Gasteiger partial charge in [-0.1, -0.05) is 12.1 Å².